The summed E-state index contributed by atoms with van der Waals surface area (Å²) >= 11 is 1.72. The van der Waals surface area contributed by atoms with Gasteiger partial charge < -0.3 is 14.6 Å². The third kappa shape index (κ3) is 4.87. The smallest absolute Gasteiger partial charge is 0.253 e. The van der Waals surface area contributed by atoms with Crippen molar-refractivity contribution >= 4 is 37.6 Å². The second-order valence-electron chi connectivity index (χ2n) is 10.7. The highest BCUT2D eigenvalue weighted by molar-refractivity contribution is 7.22. The largest absolute Gasteiger partial charge is 0.494 e. The first kappa shape index (κ1) is 25.4. The molecule has 1 aliphatic heterocycles. The summed E-state index contributed by atoms with van der Waals surface area (Å²) in [7, 11) is 0. The van der Waals surface area contributed by atoms with E-state index >= 15 is 0 Å². The van der Waals surface area contributed by atoms with E-state index in [0.717, 1.165) is 53.5 Å². The molecule has 0 radical (unpaired) electrons. The number of pyridine rings is 1. The average molecular weight is 545 g/mol. The quantitative estimate of drug-likeness (QED) is 0.339. The summed E-state index contributed by atoms with van der Waals surface area (Å²) in [5.41, 5.74) is 1.91. The number of fused-ring (bicyclic) bond motifs is 2. The number of hydrogen-bond donors (Lipinski definition) is 1. The van der Waals surface area contributed by atoms with E-state index in [4.69, 9.17) is 9.72 Å². The Balaban J connectivity index is 1.38. The number of ether oxygens (including phenoxy) is 1. The zero-order valence-corrected chi connectivity index (χ0v) is 23.4. The maximum atomic E-state index is 13.6. The van der Waals surface area contributed by atoms with E-state index in [1.807, 2.05) is 48.0 Å². The number of hydrogen-bond acceptors (Lipinski definition) is 9. The highest BCUT2D eigenvalue weighted by atomic mass is 32.1. The van der Waals surface area contributed by atoms with Gasteiger partial charge in [0.2, 0.25) is 0 Å². The zero-order valence-electron chi connectivity index (χ0n) is 22.6. The van der Waals surface area contributed by atoms with Gasteiger partial charge in [0.1, 0.15) is 11.8 Å². The molecule has 0 bridgehead atoms. The summed E-state index contributed by atoms with van der Waals surface area (Å²) in [4.78, 5) is 26.1. The van der Waals surface area contributed by atoms with Crippen molar-refractivity contribution in [1.82, 2.24) is 35.1 Å². The van der Waals surface area contributed by atoms with E-state index in [1.54, 1.807) is 11.3 Å². The molecule has 6 rings (SSSR count). The van der Waals surface area contributed by atoms with Gasteiger partial charge in [-0.05, 0) is 74.5 Å². The highest BCUT2D eigenvalue weighted by Crippen LogP contribution is 2.33. The maximum Gasteiger partial charge on any atom is 0.253 e. The molecule has 202 valence electrons. The molecule has 0 amide bonds. The van der Waals surface area contributed by atoms with Crippen LogP contribution in [0.25, 0.3) is 21.1 Å². The summed E-state index contributed by atoms with van der Waals surface area (Å²) < 4.78 is 8.74. The molecule has 5 aromatic rings. The van der Waals surface area contributed by atoms with Crippen molar-refractivity contribution in [1.29, 1.82) is 0 Å². The molecule has 1 N–H and O–H groups in total. The van der Waals surface area contributed by atoms with Gasteiger partial charge >= 0.3 is 0 Å². The molecular formula is C28H32N8O2S. The minimum absolute atomic E-state index is 0.145. The first-order valence-electron chi connectivity index (χ1n) is 13.2. The molecule has 2 aromatic carbocycles. The monoisotopic (exact) mass is 544 g/mol. The van der Waals surface area contributed by atoms with E-state index in [-0.39, 0.29) is 11.1 Å². The molecule has 1 atom stereocenters. The van der Waals surface area contributed by atoms with Crippen molar-refractivity contribution in [2.75, 3.05) is 37.7 Å². The van der Waals surface area contributed by atoms with Gasteiger partial charge in [0, 0.05) is 42.6 Å². The molecule has 1 aliphatic rings. The summed E-state index contributed by atoms with van der Waals surface area (Å²) in [6.45, 7) is 11.8. The Morgan fingerprint density at radius 3 is 2.62 bits per heavy atom. The maximum absolute atomic E-state index is 13.6. The molecule has 0 saturated carbocycles. The van der Waals surface area contributed by atoms with Gasteiger partial charge in [-0.15, -0.1) is 5.10 Å². The van der Waals surface area contributed by atoms with Crippen LogP contribution in [0.2, 0.25) is 0 Å². The van der Waals surface area contributed by atoms with Gasteiger partial charge in [-0.2, -0.15) is 0 Å². The van der Waals surface area contributed by atoms with Gasteiger partial charge in [-0.25, -0.2) is 9.67 Å². The third-order valence-electron chi connectivity index (χ3n) is 7.06. The highest BCUT2D eigenvalue weighted by Gasteiger charge is 2.35. The summed E-state index contributed by atoms with van der Waals surface area (Å²) in [5, 5.41) is 14.8. The van der Waals surface area contributed by atoms with Gasteiger partial charge in [0.25, 0.3) is 5.56 Å². The minimum atomic E-state index is -0.416. The van der Waals surface area contributed by atoms with Crippen molar-refractivity contribution in [3.63, 3.8) is 0 Å². The van der Waals surface area contributed by atoms with E-state index in [0.29, 0.717) is 18.0 Å². The average Bonchev–Trinajstić information content (AvgIpc) is 3.58. The van der Waals surface area contributed by atoms with Crippen molar-refractivity contribution in [3.8, 4) is 5.75 Å². The molecule has 3 aromatic heterocycles. The van der Waals surface area contributed by atoms with Crippen LogP contribution in [0, 0.1) is 0 Å². The number of piperazine rings is 1. The number of nitrogens with zero attached hydrogens (tertiary/aromatic N) is 7. The number of anilines is 1. The lowest BCUT2D eigenvalue weighted by molar-refractivity contribution is 0.190. The van der Waals surface area contributed by atoms with Crippen LogP contribution in [0.5, 0.6) is 5.75 Å². The molecule has 1 saturated heterocycles. The predicted octanol–water partition coefficient (Wildman–Crippen LogP) is 4.19. The van der Waals surface area contributed by atoms with E-state index < -0.39 is 6.04 Å². The lowest BCUT2D eigenvalue weighted by Crippen LogP contribution is -2.49. The van der Waals surface area contributed by atoms with Crippen LogP contribution in [0.3, 0.4) is 0 Å². The third-order valence-corrected chi connectivity index (χ3v) is 8.15. The van der Waals surface area contributed by atoms with Gasteiger partial charge in [0.15, 0.2) is 11.0 Å². The van der Waals surface area contributed by atoms with Crippen molar-refractivity contribution in [2.24, 2.45) is 0 Å². The lowest BCUT2D eigenvalue weighted by Gasteiger charge is -2.39. The summed E-state index contributed by atoms with van der Waals surface area (Å²) in [5.74, 6) is 1.42. The Morgan fingerprint density at radius 1 is 1.08 bits per heavy atom. The molecule has 11 heteroatoms. The molecule has 39 heavy (non-hydrogen) atoms. The number of aromatic nitrogens is 6. The number of nitrogens with one attached hydrogen (secondary N) is 1. The van der Waals surface area contributed by atoms with Crippen LogP contribution in [0.4, 0.5) is 5.13 Å². The lowest BCUT2D eigenvalue weighted by atomic mass is 10.0. The fourth-order valence-corrected chi connectivity index (χ4v) is 6.19. The number of thiazole rings is 1. The molecule has 10 nitrogen and oxygen atoms in total. The number of rotatable bonds is 6. The molecule has 0 spiro atoms. The molecular weight excluding hydrogens is 512 g/mol. The Hall–Kier alpha value is -3.83. The SMILES string of the molecule is CCOc1ccc2[nH]c(=O)c([C@@H](c3nnnn3C(C)(C)C)N3CCN(c4nc5ccccc5s4)CC3)cc2c1. The second kappa shape index (κ2) is 10.0. The predicted molar refractivity (Wildman–Crippen MR) is 154 cm³/mol. The van der Waals surface area contributed by atoms with Gasteiger partial charge in [-0.1, -0.05) is 23.5 Å². The number of tetrazole rings is 1. The topological polar surface area (TPSA) is 105 Å². The minimum Gasteiger partial charge on any atom is -0.494 e. The summed E-state index contributed by atoms with van der Waals surface area (Å²) in [6, 6.07) is 15.5. The fraction of sp³-hybridized carbons (Fsp3) is 0.393. The van der Waals surface area contributed by atoms with E-state index in [2.05, 4.69) is 63.2 Å². The first-order valence-corrected chi connectivity index (χ1v) is 14.1. The van der Waals surface area contributed by atoms with Crippen molar-refractivity contribution < 1.29 is 4.74 Å². The van der Waals surface area contributed by atoms with Crippen LogP contribution >= 0.6 is 11.3 Å². The van der Waals surface area contributed by atoms with Crippen LogP contribution in [0.1, 0.15) is 45.1 Å². The zero-order chi connectivity index (χ0) is 27.1. The second-order valence-corrected chi connectivity index (χ2v) is 11.8. The van der Waals surface area contributed by atoms with Crippen molar-refractivity contribution in [2.45, 2.75) is 39.3 Å². The Bertz CT molecular complexity index is 1640. The van der Waals surface area contributed by atoms with E-state index in [9.17, 15) is 4.79 Å². The molecule has 0 aliphatic carbocycles. The number of para-hydroxylation sites is 1. The molecule has 4 heterocycles. The normalized spacial score (nSPS) is 15.7. The Kier molecular flexibility index (Phi) is 6.56. The number of H-pyrrole nitrogens is 1. The van der Waals surface area contributed by atoms with Gasteiger partial charge in [0.05, 0.1) is 22.4 Å². The van der Waals surface area contributed by atoms with Crippen LogP contribution in [0.15, 0.2) is 53.3 Å². The molecule has 1 fully saturated rings. The Morgan fingerprint density at radius 2 is 1.87 bits per heavy atom. The molecule has 0 unspecified atom stereocenters. The van der Waals surface area contributed by atoms with Gasteiger partial charge in [-0.3, -0.25) is 9.69 Å². The van der Waals surface area contributed by atoms with E-state index in [1.165, 1.54) is 4.70 Å². The van der Waals surface area contributed by atoms with Crippen molar-refractivity contribution in [3.05, 3.63) is 70.3 Å². The first-order chi connectivity index (χ1) is 18.8. The fourth-order valence-electron chi connectivity index (χ4n) is 5.17. The number of aromatic amines is 1. The summed E-state index contributed by atoms with van der Waals surface area (Å²) in [6.07, 6.45) is 0. The van der Waals surface area contributed by atoms with Crippen LogP contribution in [-0.4, -0.2) is 67.9 Å². The standard InChI is InChI=1S/C28H32N8O2S/c1-5-38-19-10-11-21-18(16-19)17-20(26(37)29-21)24(25-31-32-33-36(25)28(2,3)4)34-12-14-35(15-13-34)27-30-22-8-6-7-9-23(22)39-27/h6-11,16-17,24H,5,12-15H2,1-4H3,(H,29,37)/t24-/m0/s1. The van der Waals surface area contributed by atoms with Crippen LogP contribution in [-0.2, 0) is 5.54 Å². The number of benzene rings is 2. The van der Waals surface area contributed by atoms with Crippen LogP contribution < -0.4 is 15.2 Å². The Labute approximate surface area is 230 Å².